The Morgan fingerprint density at radius 3 is 2.67 bits per heavy atom. The van der Waals surface area contributed by atoms with Crippen LogP contribution < -0.4 is 10.5 Å². The summed E-state index contributed by atoms with van der Waals surface area (Å²) in [6.45, 7) is 1.63. The fourth-order valence-corrected chi connectivity index (χ4v) is 2.24. The molecule has 0 radical (unpaired) electrons. The minimum atomic E-state index is -1.24. The predicted octanol–water partition coefficient (Wildman–Crippen LogP) is 2.83. The molecule has 1 unspecified atom stereocenters. The molecule has 2 aromatic rings. The lowest BCUT2D eigenvalue weighted by Gasteiger charge is -2.22. The van der Waals surface area contributed by atoms with Crippen molar-refractivity contribution in [2.75, 3.05) is 13.7 Å². The first-order chi connectivity index (χ1) is 9.89. The number of rotatable bonds is 4. The molecule has 0 saturated carbocycles. The zero-order valence-electron chi connectivity index (χ0n) is 11.7. The number of benzene rings is 1. The fraction of sp³-hybridized carbons (Fsp3) is 0.267. The van der Waals surface area contributed by atoms with E-state index in [4.69, 9.17) is 10.5 Å². The van der Waals surface area contributed by atoms with Gasteiger partial charge in [0.1, 0.15) is 22.9 Å². The number of aliphatic hydroxyl groups is 1. The van der Waals surface area contributed by atoms with Gasteiger partial charge in [0, 0.05) is 12.1 Å². The van der Waals surface area contributed by atoms with Gasteiger partial charge in [0.05, 0.1) is 17.3 Å². The highest BCUT2D eigenvalue weighted by Crippen LogP contribution is 2.32. The maximum atomic E-state index is 13.4. The van der Waals surface area contributed by atoms with Crippen molar-refractivity contribution >= 4 is 15.9 Å². The lowest BCUT2D eigenvalue weighted by atomic mass is 10.0. The minimum absolute atomic E-state index is 0.0406. The number of hydrogen-bond donors (Lipinski definition) is 2. The van der Waals surface area contributed by atoms with E-state index in [1.54, 1.807) is 31.2 Å². The number of nitrogens with two attached hydrogens (primary N) is 1. The topological polar surface area (TPSA) is 68.4 Å². The highest BCUT2D eigenvalue weighted by Gasteiger charge is 2.24. The number of halogens is 2. The molecular formula is C15H16BrFN2O2. The minimum Gasteiger partial charge on any atom is -0.494 e. The predicted molar refractivity (Wildman–Crippen MR) is 82.5 cm³/mol. The molecule has 1 aromatic carbocycles. The smallest absolute Gasteiger partial charge is 0.145 e. The Morgan fingerprint density at radius 1 is 1.38 bits per heavy atom. The standard InChI is InChI=1S/C15H16BrFN2O2/c1-15(20,8-18)13-6-5-12(21-2)14(19-13)9-3-4-11(17)10(16)7-9/h3-7,20H,8,18H2,1-2H3. The summed E-state index contributed by atoms with van der Waals surface area (Å²) >= 11 is 3.15. The summed E-state index contributed by atoms with van der Waals surface area (Å²) < 4.78 is 19.0. The lowest BCUT2D eigenvalue weighted by Crippen LogP contribution is -2.32. The van der Waals surface area contributed by atoms with Crippen LogP contribution in [0.5, 0.6) is 5.75 Å². The summed E-state index contributed by atoms with van der Waals surface area (Å²) in [4.78, 5) is 4.43. The monoisotopic (exact) mass is 354 g/mol. The van der Waals surface area contributed by atoms with Crippen LogP contribution in [0.3, 0.4) is 0 Å². The molecule has 0 saturated heterocycles. The van der Waals surface area contributed by atoms with Crippen LogP contribution in [0.4, 0.5) is 4.39 Å². The van der Waals surface area contributed by atoms with Gasteiger partial charge in [-0.3, -0.25) is 0 Å². The number of ether oxygens (including phenoxy) is 1. The Balaban J connectivity index is 2.59. The van der Waals surface area contributed by atoms with Crippen molar-refractivity contribution in [3.8, 4) is 17.0 Å². The van der Waals surface area contributed by atoms with Crippen LogP contribution in [-0.2, 0) is 5.60 Å². The zero-order valence-corrected chi connectivity index (χ0v) is 13.3. The molecule has 0 spiro atoms. The second kappa shape index (κ2) is 6.09. The summed E-state index contributed by atoms with van der Waals surface area (Å²) in [5.74, 6) is 0.174. The molecular weight excluding hydrogens is 339 g/mol. The molecule has 0 fully saturated rings. The first-order valence-corrected chi connectivity index (χ1v) is 7.11. The van der Waals surface area contributed by atoms with Crippen LogP contribution in [0.15, 0.2) is 34.8 Å². The van der Waals surface area contributed by atoms with Crippen LogP contribution in [0.1, 0.15) is 12.6 Å². The van der Waals surface area contributed by atoms with Gasteiger partial charge < -0.3 is 15.6 Å². The zero-order chi connectivity index (χ0) is 15.6. The van der Waals surface area contributed by atoms with E-state index < -0.39 is 5.60 Å². The van der Waals surface area contributed by atoms with E-state index in [-0.39, 0.29) is 12.4 Å². The van der Waals surface area contributed by atoms with E-state index in [0.29, 0.717) is 27.2 Å². The van der Waals surface area contributed by atoms with Gasteiger partial charge in [-0.15, -0.1) is 0 Å². The molecule has 112 valence electrons. The van der Waals surface area contributed by atoms with Crippen molar-refractivity contribution in [1.82, 2.24) is 4.98 Å². The maximum absolute atomic E-state index is 13.4. The van der Waals surface area contributed by atoms with Crippen molar-refractivity contribution in [2.45, 2.75) is 12.5 Å². The Hall–Kier alpha value is -1.50. The first kappa shape index (κ1) is 15.9. The van der Waals surface area contributed by atoms with E-state index in [0.717, 1.165) is 0 Å². The number of nitrogens with zero attached hydrogens (tertiary/aromatic N) is 1. The van der Waals surface area contributed by atoms with E-state index in [2.05, 4.69) is 20.9 Å². The molecule has 0 aliphatic carbocycles. The SMILES string of the molecule is COc1ccc(C(C)(O)CN)nc1-c1ccc(F)c(Br)c1. The number of aromatic nitrogens is 1. The third kappa shape index (κ3) is 3.23. The molecule has 6 heteroatoms. The summed E-state index contributed by atoms with van der Waals surface area (Å²) in [6, 6.07) is 7.92. The van der Waals surface area contributed by atoms with Crippen molar-refractivity contribution in [2.24, 2.45) is 5.73 Å². The van der Waals surface area contributed by atoms with Gasteiger partial charge in [-0.2, -0.15) is 0 Å². The summed E-state index contributed by atoms with van der Waals surface area (Å²) in [6.07, 6.45) is 0. The van der Waals surface area contributed by atoms with E-state index in [1.165, 1.54) is 13.2 Å². The van der Waals surface area contributed by atoms with Crippen LogP contribution in [-0.4, -0.2) is 23.7 Å². The van der Waals surface area contributed by atoms with Crippen molar-refractivity contribution in [1.29, 1.82) is 0 Å². The van der Waals surface area contributed by atoms with Gasteiger partial charge in [-0.25, -0.2) is 9.37 Å². The quantitative estimate of drug-likeness (QED) is 0.885. The van der Waals surface area contributed by atoms with Crippen molar-refractivity contribution in [3.63, 3.8) is 0 Å². The van der Waals surface area contributed by atoms with E-state index in [1.807, 2.05) is 0 Å². The molecule has 2 rings (SSSR count). The molecule has 1 aromatic heterocycles. The van der Waals surface area contributed by atoms with Gasteiger partial charge in [-0.05, 0) is 53.2 Å². The highest BCUT2D eigenvalue weighted by molar-refractivity contribution is 9.10. The first-order valence-electron chi connectivity index (χ1n) is 6.32. The molecule has 0 aliphatic heterocycles. The van der Waals surface area contributed by atoms with Crippen molar-refractivity contribution < 1.29 is 14.2 Å². The molecule has 4 nitrogen and oxygen atoms in total. The van der Waals surface area contributed by atoms with Gasteiger partial charge in [-0.1, -0.05) is 0 Å². The van der Waals surface area contributed by atoms with E-state index in [9.17, 15) is 9.50 Å². The van der Waals surface area contributed by atoms with Gasteiger partial charge in [0.2, 0.25) is 0 Å². The highest BCUT2D eigenvalue weighted by atomic mass is 79.9. The second-order valence-electron chi connectivity index (χ2n) is 4.85. The van der Waals surface area contributed by atoms with Crippen molar-refractivity contribution in [3.05, 3.63) is 46.3 Å². The Labute approximate surface area is 130 Å². The van der Waals surface area contributed by atoms with Gasteiger partial charge in [0.25, 0.3) is 0 Å². The third-order valence-electron chi connectivity index (χ3n) is 3.22. The van der Waals surface area contributed by atoms with Crippen LogP contribution in [0.25, 0.3) is 11.3 Å². The number of pyridine rings is 1. The van der Waals surface area contributed by atoms with Gasteiger partial charge >= 0.3 is 0 Å². The summed E-state index contributed by atoms with van der Waals surface area (Å²) in [5.41, 5.74) is 5.95. The number of hydrogen-bond acceptors (Lipinski definition) is 4. The largest absolute Gasteiger partial charge is 0.494 e. The van der Waals surface area contributed by atoms with Crippen LogP contribution >= 0.6 is 15.9 Å². The average Bonchev–Trinajstić information content (AvgIpc) is 2.49. The molecule has 0 aliphatic rings. The summed E-state index contributed by atoms with van der Waals surface area (Å²) in [5, 5.41) is 10.2. The van der Waals surface area contributed by atoms with E-state index >= 15 is 0 Å². The maximum Gasteiger partial charge on any atom is 0.145 e. The third-order valence-corrected chi connectivity index (χ3v) is 3.83. The second-order valence-corrected chi connectivity index (χ2v) is 5.71. The van der Waals surface area contributed by atoms with Crippen LogP contribution in [0.2, 0.25) is 0 Å². The van der Waals surface area contributed by atoms with Gasteiger partial charge in [0.15, 0.2) is 0 Å². The Kier molecular flexibility index (Phi) is 4.61. The average molecular weight is 355 g/mol. The summed E-state index contributed by atoms with van der Waals surface area (Å²) in [7, 11) is 1.53. The molecule has 3 N–H and O–H groups in total. The number of methoxy groups -OCH3 is 1. The molecule has 0 bridgehead atoms. The molecule has 1 atom stereocenters. The normalized spacial score (nSPS) is 13.8. The lowest BCUT2D eigenvalue weighted by molar-refractivity contribution is 0.0622. The molecule has 0 amide bonds. The molecule has 1 heterocycles. The Bertz CT molecular complexity index is 662. The fourth-order valence-electron chi connectivity index (χ4n) is 1.87. The van der Waals surface area contributed by atoms with Crippen LogP contribution in [0, 0.1) is 5.82 Å². The molecule has 21 heavy (non-hydrogen) atoms. The Morgan fingerprint density at radius 2 is 2.10 bits per heavy atom.